The number of aromatic nitrogens is 3. The Morgan fingerprint density at radius 2 is 2.07 bits per heavy atom. The smallest absolute Gasteiger partial charge is 0.233 e. The summed E-state index contributed by atoms with van der Waals surface area (Å²) in [5.41, 5.74) is 1.69. The third-order valence-electron chi connectivity index (χ3n) is 6.08. The fraction of sp³-hybridized carbons (Fsp3) is 0.667. The third kappa shape index (κ3) is 4.22. The fourth-order valence-electron chi connectivity index (χ4n) is 4.79. The molecule has 27 heavy (non-hydrogen) atoms. The van der Waals surface area contributed by atoms with E-state index in [4.69, 9.17) is 4.42 Å². The maximum atomic E-state index is 5.83. The van der Waals surface area contributed by atoms with Crippen molar-refractivity contribution >= 4 is 0 Å². The van der Waals surface area contributed by atoms with E-state index in [1.54, 1.807) is 0 Å². The zero-order chi connectivity index (χ0) is 18.9. The number of pyridine rings is 1. The zero-order valence-corrected chi connectivity index (χ0v) is 16.8. The van der Waals surface area contributed by atoms with Crippen molar-refractivity contribution in [2.45, 2.75) is 52.6 Å². The second-order valence-corrected chi connectivity index (χ2v) is 8.84. The monoisotopic (exact) mass is 369 g/mol. The largest absolute Gasteiger partial charge is 0.424 e. The topological polar surface area (TPSA) is 58.3 Å². The van der Waals surface area contributed by atoms with Gasteiger partial charge >= 0.3 is 0 Å². The minimum atomic E-state index is 0.276. The average Bonchev–Trinajstić information content (AvgIpc) is 3.22. The molecule has 1 spiro atoms. The Morgan fingerprint density at radius 3 is 2.70 bits per heavy atom. The number of piperidine rings is 1. The Hall–Kier alpha value is -1.79. The molecule has 2 aliphatic rings. The highest BCUT2D eigenvalue weighted by atomic mass is 16.4. The van der Waals surface area contributed by atoms with Gasteiger partial charge in [-0.1, -0.05) is 19.9 Å². The van der Waals surface area contributed by atoms with Crippen LogP contribution in [0.3, 0.4) is 0 Å². The van der Waals surface area contributed by atoms with Crippen LogP contribution in [0.25, 0.3) is 0 Å². The molecule has 0 aliphatic carbocycles. The van der Waals surface area contributed by atoms with Crippen molar-refractivity contribution < 1.29 is 4.42 Å². The Bertz CT molecular complexity index is 736. The maximum Gasteiger partial charge on any atom is 0.233 e. The van der Waals surface area contributed by atoms with E-state index in [-0.39, 0.29) is 6.04 Å². The van der Waals surface area contributed by atoms with Gasteiger partial charge in [0.2, 0.25) is 11.8 Å². The summed E-state index contributed by atoms with van der Waals surface area (Å²) in [6.07, 6.45) is 7.45. The van der Waals surface area contributed by atoms with Gasteiger partial charge in [0.15, 0.2) is 0 Å². The van der Waals surface area contributed by atoms with Gasteiger partial charge in [0, 0.05) is 39.0 Å². The summed E-state index contributed by atoms with van der Waals surface area (Å²) < 4.78 is 5.83. The zero-order valence-electron chi connectivity index (χ0n) is 16.8. The van der Waals surface area contributed by atoms with E-state index < -0.39 is 0 Å². The van der Waals surface area contributed by atoms with Gasteiger partial charge in [-0.15, -0.1) is 10.2 Å². The van der Waals surface area contributed by atoms with E-state index >= 15 is 0 Å². The van der Waals surface area contributed by atoms with Crippen molar-refractivity contribution in [3.8, 4) is 0 Å². The number of aryl methyl sites for hydroxylation is 1. The number of nitrogens with zero attached hydrogens (tertiary/aromatic N) is 5. The average molecular weight is 370 g/mol. The molecule has 2 aliphatic heterocycles. The lowest BCUT2D eigenvalue weighted by Crippen LogP contribution is -2.41. The molecule has 2 saturated heterocycles. The molecule has 0 aromatic carbocycles. The lowest BCUT2D eigenvalue weighted by atomic mass is 9.76. The molecule has 6 heteroatoms. The highest BCUT2D eigenvalue weighted by Gasteiger charge is 2.47. The van der Waals surface area contributed by atoms with Crippen LogP contribution in [-0.4, -0.2) is 51.2 Å². The van der Waals surface area contributed by atoms with Crippen LogP contribution in [0.5, 0.6) is 0 Å². The Labute approximate surface area is 162 Å². The molecule has 0 bridgehead atoms. The Morgan fingerprint density at radius 1 is 1.26 bits per heavy atom. The molecule has 0 N–H and O–H groups in total. The first-order valence-corrected chi connectivity index (χ1v) is 10.2. The lowest BCUT2D eigenvalue weighted by molar-refractivity contribution is 0.101. The molecule has 146 valence electrons. The van der Waals surface area contributed by atoms with Crippen molar-refractivity contribution in [3.05, 3.63) is 41.9 Å². The molecule has 2 aromatic rings. The minimum Gasteiger partial charge on any atom is -0.424 e. The van der Waals surface area contributed by atoms with E-state index in [9.17, 15) is 0 Å². The van der Waals surface area contributed by atoms with Gasteiger partial charge in [-0.05, 0) is 55.3 Å². The van der Waals surface area contributed by atoms with Crippen molar-refractivity contribution in [2.24, 2.45) is 11.3 Å². The fourth-order valence-corrected chi connectivity index (χ4v) is 4.79. The number of rotatable bonds is 5. The van der Waals surface area contributed by atoms with Gasteiger partial charge in [-0.2, -0.15) is 0 Å². The van der Waals surface area contributed by atoms with Gasteiger partial charge < -0.3 is 4.42 Å². The van der Waals surface area contributed by atoms with Crippen LogP contribution in [-0.2, 0) is 6.54 Å². The molecular weight excluding hydrogens is 338 g/mol. The van der Waals surface area contributed by atoms with Crippen LogP contribution < -0.4 is 0 Å². The van der Waals surface area contributed by atoms with Crippen molar-refractivity contribution in [2.75, 3.05) is 26.2 Å². The standard InChI is InChI=1S/C21H31N5O/c1-16(2)13-26-15-21(11-19(26)20-24-23-17(3)27-20)6-9-25(10-7-21)14-18-5-4-8-22-12-18/h4-5,8,12,16,19H,6-7,9-11,13-15H2,1-3H3. The molecule has 0 radical (unpaired) electrons. The quantitative estimate of drug-likeness (QED) is 0.804. The van der Waals surface area contributed by atoms with E-state index in [1.165, 1.54) is 18.4 Å². The summed E-state index contributed by atoms with van der Waals surface area (Å²) in [6.45, 7) is 12.0. The number of likely N-dealkylation sites (tertiary alicyclic amines) is 2. The number of hydrogen-bond donors (Lipinski definition) is 0. The highest BCUT2D eigenvalue weighted by molar-refractivity contribution is 5.09. The molecule has 4 rings (SSSR count). The van der Waals surface area contributed by atoms with Gasteiger partial charge in [0.1, 0.15) is 0 Å². The molecule has 1 atom stereocenters. The van der Waals surface area contributed by atoms with Crippen LogP contribution in [0.2, 0.25) is 0 Å². The molecule has 1 unspecified atom stereocenters. The second-order valence-electron chi connectivity index (χ2n) is 8.84. The predicted octanol–water partition coefficient (Wildman–Crippen LogP) is 3.46. The predicted molar refractivity (Wildman–Crippen MR) is 104 cm³/mol. The molecule has 4 heterocycles. The Balaban J connectivity index is 1.43. The second kappa shape index (κ2) is 7.68. The van der Waals surface area contributed by atoms with Gasteiger partial charge in [0.05, 0.1) is 6.04 Å². The molecule has 2 fully saturated rings. The Kier molecular flexibility index (Phi) is 5.28. The summed E-state index contributed by atoms with van der Waals surface area (Å²) >= 11 is 0. The summed E-state index contributed by atoms with van der Waals surface area (Å²) in [5, 5.41) is 8.44. The summed E-state index contributed by atoms with van der Waals surface area (Å²) in [5.74, 6) is 2.11. The summed E-state index contributed by atoms with van der Waals surface area (Å²) in [6, 6.07) is 4.47. The SMILES string of the molecule is Cc1nnc(C2CC3(CCN(Cc4cccnc4)CC3)CN2CC(C)C)o1. The van der Waals surface area contributed by atoms with Gasteiger partial charge in [-0.25, -0.2) is 0 Å². The van der Waals surface area contributed by atoms with Crippen LogP contribution in [0.15, 0.2) is 28.9 Å². The molecule has 0 amide bonds. The van der Waals surface area contributed by atoms with Crippen molar-refractivity contribution in [3.63, 3.8) is 0 Å². The maximum absolute atomic E-state index is 5.83. The minimum absolute atomic E-state index is 0.276. The van der Waals surface area contributed by atoms with Crippen LogP contribution in [0.4, 0.5) is 0 Å². The first-order valence-electron chi connectivity index (χ1n) is 10.2. The summed E-state index contributed by atoms with van der Waals surface area (Å²) in [4.78, 5) is 9.41. The summed E-state index contributed by atoms with van der Waals surface area (Å²) in [7, 11) is 0. The molecule has 6 nitrogen and oxygen atoms in total. The van der Waals surface area contributed by atoms with E-state index in [2.05, 4.69) is 44.9 Å². The van der Waals surface area contributed by atoms with Crippen LogP contribution >= 0.6 is 0 Å². The van der Waals surface area contributed by atoms with Crippen molar-refractivity contribution in [1.29, 1.82) is 0 Å². The van der Waals surface area contributed by atoms with Gasteiger partial charge in [-0.3, -0.25) is 14.8 Å². The van der Waals surface area contributed by atoms with Crippen LogP contribution in [0, 0.1) is 18.3 Å². The van der Waals surface area contributed by atoms with Crippen molar-refractivity contribution in [1.82, 2.24) is 25.0 Å². The number of hydrogen-bond acceptors (Lipinski definition) is 6. The van der Waals surface area contributed by atoms with E-state index in [0.29, 0.717) is 17.2 Å². The molecular formula is C21H31N5O. The lowest BCUT2D eigenvalue weighted by Gasteiger charge is -2.39. The molecule has 2 aromatic heterocycles. The first kappa shape index (κ1) is 18.6. The molecule has 0 saturated carbocycles. The van der Waals surface area contributed by atoms with E-state index in [0.717, 1.165) is 45.0 Å². The first-order chi connectivity index (χ1) is 13.0. The van der Waals surface area contributed by atoms with Gasteiger partial charge in [0.25, 0.3) is 0 Å². The normalized spacial score (nSPS) is 23.5. The van der Waals surface area contributed by atoms with E-state index in [1.807, 2.05) is 25.4 Å². The third-order valence-corrected chi connectivity index (χ3v) is 6.08. The highest BCUT2D eigenvalue weighted by Crippen LogP contribution is 2.49. The van der Waals surface area contributed by atoms with Crippen LogP contribution in [0.1, 0.15) is 56.5 Å².